The Morgan fingerprint density at radius 1 is 0.897 bits per heavy atom. The van der Waals surface area contributed by atoms with E-state index in [0.717, 1.165) is 11.4 Å². The van der Waals surface area contributed by atoms with Crippen LogP contribution in [0.25, 0.3) is 10.8 Å². The zero-order chi connectivity index (χ0) is 20.3. The molecular formula is C23H22N4OS. The van der Waals surface area contributed by atoms with Gasteiger partial charge < -0.3 is 4.74 Å². The van der Waals surface area contributed by atoms with Crippen LogP contribution < -0.4 is 4.74 Å². The summed E-state index contributed by atoms with van der Waals surface area (Å²) in [5.41, 5.74) is 4.54. The summed E-state index contributed by atoms with van der Waals surface area (Å²) in [6.07, 6.45) is 3.22. The largest absolute Gasteiger partial charge is 0.487 e. The fraction of sp³-hybridized carbons (Fsp3) is 0.217. The van der Waals surface area contributed by atoms with Gasteiger partial charge in [-0.05, 0) is 47.8 Å². The van der Waals surface area contributed by atoms with Crippen molar-refractivity contribution in [2.45, 2.75) is 32.8 Å². The fourth-order valence-electron chi connectivity index (χ4n) is 3.11. The zero-order valence-corrected chi connectivity index (χ0v) is 17.5. The lowest BCUT2D eigenvalue weighted by Gasteiger charge is -2.26. The number of aryl methyl sites for hydroxylation is 1. The Bertz CT molecular complexity index is 1070. The SMILES string of the molecule is Cc1ccc(C(C)(C)c2ccc(OCc3ccnc(-c4ncns4)n3)cc2)cc1. The van der Waals surface area contributed by atoms with Crippen LogP contribution in [0.1, 0.15) is 36.2 Å². The number of ether oxygens (including phenoxy) is 1. The summed E-state index contributed by atoms with van der Waals surface area (Å²) in [4.78, 5) is 12.9. The lowest BCUT2D eigenvalue weighted by molar-refractivity contribution is 0.301. The second-order valence-electron chi connectivity index (χ2n) is 7.42. The molecule has 0 N–H and O–H groups in total. The molecule has 5 nitrogen and oxygen atoms in total. The summed E-state index contributed by atoms with van der Waals surface area (Å²) >= 11 is 1.27. The number of aromatic nitrogens is 4. The fourth-order valence-corrected chi connectivity index (χ4v) is 3.58. The van der Waals surface area contributed by atoms with Crippen molar-refractivity contribution in [3.05, 3.63) is 89.5 Å². The first-order chi connectivity index (χ1) is 14.0. The number of benzene rings is 2. The van der Waals surface area contributed by atoms with Crippen LogP contribution in [0.3, 0.4) is 0 Å². The van der Waals surface area contributed by atoms with Crippen LogP contribution in [0.5, 0.6) is 5.75 Å². The van der Waals surface area contributed by atoms with E-state index in [1.54, 1.807) is 6.20 Å². The van der Waals surface area contributed by atoms with Gasteiger partial charge in [0, 0.05) is 11.6 Å². The summed E-state index contributed by atoms with van der Waals surface area (Å²) in [6, 6.07) is 18.8. The number of hydrogen-bond acceptors (Lipinski definition) is 6. The van der Waals surface area contributed by atoms with E-state index in [0.29, 0.717) is 17.4 Å². The molecule has 0 bridgehead atoms. The van der Waals surface area contributed by atoms with E-state index in [1.807, 2.05) is 18.2 Å². The first kappa shape index (κ1) is 19.2. The van der Waals surface area contributed by atoms with Gasteiger partial charge in [-0.25, -0.2) is 15.0 Å². The maximum atomic E-state index is 5.93. The van der Waals surface area contributed by atoms with Crippen LogP contribution in [0.4, 0.5) is 0 Å². The Balaban J connectivity index is 1.45. The van der Waals surface area contributed by atoms with Crippen LogP contribution in [-0.2, 0) is 12.0 Å². The summed E-state index contributed by atoms with van der Waals surface area (Å²) in [5, 5.41) is 0.703. The Morgan fingerprint density at radius 3 is 2.24 bits per heavy atom. The van der Waals surface area contributed by atoms with Gasteiger partial charge in [-0.2, -0.15) is 4.37 Å². The van der Waals surface area contributed by atoms with Crippen LogP contribution >= 0.6 is 11.5 Å². The molecule has 0 amide bonds. The third kappa shape index (κ3) is 4.32. The standard InChI is InChI=1S/C23H22N4OS/c1-16-4-6-17(7-5-16)23(2,3)18-8-10-20(11-9-18)28-14-19-12-13-24-21(27-19)22-25-15-26-29-22/h4-13,15H,14H2,1-3H3. The Labute approximate surface area is 174 Å². The van der Waals surface area contributed by atoms with Crippen LogP contribution in [0.2, 0.25) is 0 Å². The summed E-state index contributed by atoms with van der Waals surface area (Å²) < 4.78 is 9.93. The second kappa shape index (κ2) is 8.09. The molecule has 2 aromatic heterocycles. The molecule has 4 aromatic rings. The van der Waals surface area contributed by atoms with E-state index in [-0.39, 0.29) is 5.41 Å². The summed E-state index contributed by atoms with van der Waals surface area (Å²) in [7, 11) is 0. The molecule has 0 radical (unpaired) electrons. The van der Waals surface area contributed by atoms with Crippen molar-refractivity contribution in [3.8, 4) is 16.6 Å². The molecule has 29 heavy (non-hydrogen) atoms. The average Bonchev–Trinajstić information content (AvgIpc) is 3.28. The zero-order valence-electron chi connectivity index (χ0n) is 16.7. The highest BCUT2D eigenvalue weighted by Gasteiger charge is 2.22. The molecule has 0 unspecified atom stereocenters. The van der Waals surface area contributed by atoms with E-state index in [2.05, 4.69) is 76.5 Å². The van der Waals surface area contributed by atoms with Gasteiger partial charge in [-0.15, -0.1) is 0 Å². The molecule has 146 valence electrons. The molecule has 0 atom stereocenters. The van der Waals surface area contributed by atoms with Gasteiger partial charge in [-0.1, -0.05) is 55.8 Å². The maximum Gasteiger partial charge on any atom is 0.190 e. The van der Waals surface area contributed by atoms with Gasteiger partial charge in [0.15, 0.2) is 10.8 Å². The van der Waals surface area contributed by atoms with Crippen molar-refractivity contribution < 1.29 is 4.74 Å². The quantitative estimate of drug-likeness (QED) is 0.443. The van der Waals surface area contributed by atoms with Crippen LogP contribution in [0, 0.1) is 6.92 Å². The molecule has 4 rings (SSSR count). The molecule has 6 heteroatoms. The Hall–Kier alpha value is -3.12. The molecule has 0 saturated heterocycles. The van der Waals surface area contributed by atoms with Gasteiger partial charge in [0.05, 0.1) is 5.69 Å². The first-order valence-electron chi connectivity index (χ1n) is 9.42. The summed E-state index contributed by atoms with van der Waals surface area (Å²) in [6.45, 7) is 6.96. The molecule has 2 aromatic carbocycles. The number of hydrogen-bond donors (Lipinski definition) is 0. The molecule has 0 aliphatic carbocycles. The highest BCUT2D eigenvalue weighted by Crippen LogP contribution is 2.32. The third-order valence-corrected chi connectivity index (χ3v) is 5.66. The number of rotatable bonds is 6. The van der Waals surface area contributed by atoms with E-state index in [1.165, 1.54) is 34.6 Å². The molecule has 0 aliphatic rings. The molecule has 0 fully saturated rings. The molecular weight excluding hydrogens is 380 g/mol. The smallest absolute Gasteiger partial charge is 0.190 e. The maximum absolute atomic E-state index is 5.93. The van der Waals surface area contributed by atoms with Crippen molar-refractivity contribution >= 4 is 11.5 Å². The minimum absolute atomic E-state index is 0.0739. The van der Waals surface area contributed by atoms with E-state index in [4.69, 9.17) is 4.74 Å². The van der Waals surface area contributed by atoms with Crippen molar-refractivity contribution in [3.63, 3.8) is 0 Å². The molecule has 0 saturated carbocycles. The Kier molecular flexibility index (Phi) is 5.36. The predicted octanol–water partition coefficient (Wildman–Crippen LogP) is 5.21. The average molecular weight is 403 g/mol. The van der Waals surface area contributed by atoms with Gasteiger partial charge in [-0.3, -0.25) is 0 Å². The topological polar surface area (TPSA) is 60.8 Å². The van der Waals surface area contributed by atoms with Crippen molar-refractivity contribution in [1.82, 2.24) is 19.3 Å². The van der Waals surface area contributed by atoms with Gasteiger partial charge in [0.1, 0.15) is 18.7 Å². The van der Waals surface area contributed by atoms with Gasteiger partial charge in [0.25, 0.3) is 0 Å². The van der Waals surface area contributed by atoms with Crippen molar-refractivity contribution in [1.29, 1.82) is 0 Å². The van der Waals surface area contributed by atoms with Crippen molar-refractivity contribution in [2.75, 3.05) is 0 Å². The minimum atomic E-state index is -0.0739. The van der Waals surface area contributed by atoms with E-state index < -0.39 is 0 Å². The lowest BCUT2D eigenvalue weighted by Crippen LogP contribution is -2.18. The normalized spacial score (nSPS) is 11.4. The monoisotopic (exact) mass is 402 g/mol. The van der Waals surface area contributed by atoms with E-state index >= 15 is 0 Å². The van der Waals surface area contributed by atoms with Crippen LogP contribution in [0.15, 0.2) is 67.1 Å². The second-order valence-corrected chi connectivity index (χ2v) is 8.20. The first-order valence-corrected chi connectivity index (χ1v) is 10.2. The molecule has 0 spiro atoms. The predicted molar refractivity (Wildman–Crippen MR) is 115 cm³/mol. The highest BCUT2D eigenvalue weighted by molar-refractivity contribution is 7.08. The van der Waals surface area contributed by atoms with Gasteiger partial charge in [0.2, 0.25) is 0 Å². The van der Waals surface area contributed by atoms with E-state index in [9.17, 15) is 0 Å². The van der Waals surface area contributed by atoms with Crippen LogP contribution in [-0.4, -0.2) is 19.3 Å². The minimum Gasteiger partial charge on any atom is -0.487 e. The lowest BCUT2D eigenvalue weighted by atomic mass is 9.78. The molecule has 2 heterocycles. The highest BCUT2D eigenvalue weighted by atomic mass is 32.1. The summed E-state index contributed by atoms with van der Waals surface area (Å²) in [5.74, 6) is 1.38. The third-order valence-electron chi connectivity index (χ3n) is 5.00. The number of nitrogens with zero attached hydrogens (tertiary/aromatic N) is 4. The van der Waals surface area contributed by atoms with Gasteiger partial charge >= 0.3 is 0 Å². The van der Waals surface area contributed by atoms with Crippen molar-refractivity contribution in [2.24, 2.45) is 0 Å². The Morgan fingerprint density at radius 2 is 1.59 bits per heavy atom. The molecule has 0 aliphatic heterocycles.